The van der Waals surface area contributed by atoms with Crippen molar-refractivity contribution in [2.24, 2.45) is 0 Å². The van der Waals surface area contributed by atoms with Crippen molar-refractivity contribution in [3.63, 3.8) is 0 Å². The molecule has 0 aliphatic heterocycles. The number of fused-ring (bicyclic) bond motifs is 1. The van der Waals surface area contributed by atoms with E-state index in [1.165, 1.54) is 12.1 Å². The fourth-order valence-electron chi connectivity index (χ4n) is 2.11. The van der Waals surface area contributed by atoms with Crippen LogP contribution in [0.1, 0.15) is 20.3 Å². The quantitative estimate of drug-likeness (QED) is 0.922. The van der Waals surface area contributed by atoms with Crippen LogP contribution in [0.25, 0.3) is 11.0 Å². The molecule has 1 heterocycles. The molecule has 0 fully saturated rings. The van der Waals surface area contributed by atoms with Gasteiger partial charge in [-0.1, -0.05) is 11.6 Å². The minimum absolute atomic E-state index is 0.0710. The number of hydrogen-bond acceptors (Lipinski definition) is 3. The predicted octanol–water partition coefficient (Wildman–Crippen LogP) is 3.14. The highest BCUT2D eigenvalue weighted by molar-refractivity contribution is 6.31. The van der Waals surface area contributed by atoms with Gasteiger partial charge in [0.2, 0.25) is 5.95 Å². The van der Waals surface area contributed by atoms with Gasteiger partial charge in [-0.15, -0.1) is 0 Å². The molecule has 20 heavy (non-hydrogen) atoms. The summed E-state index contributed by atoms with van der Waals surface area (Å²) in [7, 11) is 2.08. The van der Waals surface area contributed by atoms with E-state index in [9.17, 15) is 4.39 Å². The number of benzene rings is 1. The summed E-state index contributed by atoms with van der Waals surface area (Å²) in [6.07, 6.45) is 0.925. The number of nitrogen functional groups attached to an aromatic ring is 1. The maximum absolute atomic E-state index is 13.6. The second-order valence-corrected chi connectivity index (χ2v) is 5.71. The number of imidazole rings is 1. The van der Waals surface area contributed by atoms with Gasteiger partial charge < -0.3 is 15.2 Å². The first-order valence-electron chi connectivity index (χ1n) is 6.71. The summed E-state index contributed by atoms with van der Waals surface area (Å²) >= 11 is 5.76. The molecule has 6 heteroatoms. The fraction of sp³-hybridized carbons (Fsp3) is 0.500. The first kappa shape index (κ1) is 15.1. The maximum atomic E-state index is 13.6. The van der Waals surface area contributed by atoms with E-state index < -0.39 is 5.82 Å². The molecule has 2 rings (SSSR count). The molecule has 4 nitrogen and oxygen atoms in total. The number of nitrogens with zero attached hydrogens (tertiary/aromatic N) is 3. The van der Waals surface area contributed by atoms with E-state index >= 15 is 0 Å². The molecule has 1 aromatic carbocycles. The molecular weight excluding hydrogens is 279 g/mol. The SMILES string of the molecule is CC(C)N(C)CCCn1c(N)nc2cc(Cl)c(F)cc21. The Balaban J connectivity index is 2.17. The van der Waals surface area contributed by atoms with Gasteiger partial charge in [-0.05, 0) is 39.9 Å². The lowest BCUT2D eigenvalue weighted by Gasteiger charge is -2.21. The van der Waals surface area contributed by atoms with E-state index in [2.05, 4.69) is 30.8 Å². The van der Waals surface area contributed by atoms with Crippen LogP contribution >= 0.6 is 11.6 Å². The van der Waals surface area contributed by atoms with Crippen molar-refractivity contribution in [3.8, 4) is 0 Å². The van der Waals surface area contributed by atoms with Crippen molar-refractivity contribution >= 4 is 28.6 Å². The summed E-state index contributed by atoms with van der Waals surface area (Å²) in [5.41, 5.74) is 7.22. The van der Waals surface area contributed by atoms with E-state index in [0.717, 1.165) is 13.0 Å². The molecule has 0 radical (unpaired) electrons. The smallest absolute Gasteiger partial charge is 0.201 e. The van der Waals surface area contributed by atoms with Gasteiger partial charge in [-0.3, -0.25) is 0 Å². The highest BCUT2D eigenvalue weighted by atomic mass is 35.5. The van der Waals surface area contributed by atoms with E-state index in [1.54, 1.807) is 0 Å². The molecule has 0 unspecified atom stereocenters. The van der Waals surface area contributed by atoms with Crippen LogP contribution in [0, 0.1) is 5.82 Å². The van der Waals surface area contributed by atoms with Gasteiger partial charge in [0.25, 0.3) is 0 Å². The molecular formula is C14H20ClFN4. The van der Waals surface area contributed by atoms with Crippen molar-refractivity contribution in [2.45, 2.75) is 32.9 Å². The summed E-state index contributed by atoms with van der Waals surface area (Å²) in [5, 5.41) is 0.0710. The number of anilines is 1. The molecule has 0 aliphatic rings. The minimum atomic E-state index is -0.445. The Morgan fingerprint density at radius 1 is 1.45 bits per heavy atom. The Kier molecular flexibility index (Phi) is 4.50. The second-order valence-electron chi connectivity index (χ2n) is 5.30. The Morgan fingerprint density at radius 3 is 2.80 bits per heavy atom. The third-order valence-electron chi connectivity index (χ3n) is 3.59. The molecule has 0 saturated carbocycles. The third-order valence-corrected chi connectivity index (χ3v) is 3.88. The van der Waals surface area contributed by atoms with Gasteiger partial charge in [-0.25, -0.2) is 9.37 Å². The van der Waals surface area contributed by atoms with E-state index in [4.69, 9.17) is 17.3 Å². The zero-order valence-corrected chi connectivity index (χ0v) is 12.8. The monoisotopic (exact) mass is 298 g/mol. The van der Waals surface area contributed by atoms with Crippen molar-refractivity contribution in [1.82, 2.24) is 14.5 Å². The van der Waals surface area contributed by atoms with Crippen LogP contribution in [0.2, 0.25) is 5.02 Å². The Labute approximate surface area is 123 Å². The maximum Gasteiger partial charge on any atom is 0.201 e. The zero-order valence-electron chi connectivity index (χ0n) is 12.0. The number of aromatic nitrogens is 2. The summed E-state index contributed by atoms with van der Waals surface area (Å²) in [4.78, 5) is 6.48. The van der Waals surface area contributed by atoms with E-state index in [1.807, 2.05) is 4.57 Å². The molecule has 0 bridgehead atoms. The summed E-state index contributed by atoms with van der Waals surface area (Å²) < 4.78 is 15.4. The number of halogens is 2. The molecule has 0 saturated heterocycles. The van der Waals surface area contributed by atoms with Crippen LogP contribution in [0.15, 0.2) is 12.1 Å². The van der Waals surface area contributed by atoms with Crippen LogP contribution in [-0.2, 0) is 6.54 Å². The number of nitrogens with two attached hydrogens (primary N) is 1. The highest BCUT2D eigenvalue weighted by Gasteiger charge is 2.12. The Hall–Kier alpha value is -1.33. The standard InChI is InChI=1S/C14H20ClFN4/c1-9(2)19(3)5-4-6-20-13-8-11(16)10(15)7-12(13)18-14(20)17/h7-9H,4-6H2,1-3H3,(H2,17,18). The summed E-state index contributed by atoms with van der Waals surface area (Å²) in [6, 6.07) is 3.41. The summed E-state index contributed by atoms with van der Waals surface area (Å²) in [5.74, 6) is -0.0477. The molecule has 1 aromatic heterocycles. The first-order valence-corrected chi connectivity index (χ1v) is 7.09. The third kappa shape index (κ3) is 3.04. The number of rotatable bonds is 5. The van der Waals surface area contributed by atoms with Crippen molar-refractivity contribution < 1.29 is 4.39 Å². The van der Waals surface area contributed by atoms with Crippen LogP contribution < -0.4 is 5.73 Å². The molecule has 2 aromatic rings. The van der Waals surface area contributed by atoms with Crippen molar-refractivity contribution in [3.05, 3.63) is 23.0 Å². The fourth-order valence-corrected chi connectivity index (χ4v) is 2.27. The minimum Gasteiger partial charge on any atom is -0.369 e. The number of hydrogen-bond donors (Lipinski definition) is 1. The highest BCUT2D eigenvalue weighted by Crippen LogP contribution is 2.24. The Bertz CT molecular complexity index is 609. The van der Waals surface area contributed by atoms with Crippen LogP contribution in [-0.4, -0.2) is 34.1 Å². The van der Waals surface area contributed by atoms with Crippen molar-refractivity contribution in [2.75, 3.05) is 19.3 Å². The zero-order chi connectivity index (χ0) is 14.9. The van der Waals surface area contributed by atoms with E-state index in [0.29, 0.717) is 29.6 Å². The van der Waals surface area contributed by atoms with Gasteiger partial charge in [-0.2, -0.15) is 0 Å². The normalized spacial score (nSPS) is 11.9. The topological polar surface area (TPSA) is 47.1 Å². The molecule has 2 N–H and O–H groups in total. The predicted molar refractivity (Wildman–Crippen MR) is 81.5 cm³/mol. The number of aryl methyl sites for hydroxylation is 1. The average molecular weight is 299 g/mol. The van der Waals surface area contributed by atoms with Gasteiger partial charge in [0, 0.05) is 18.7 Å². The van der Waals surface area contributed by atoms with Crippen molar-refractivity contribution in [1.29, 1.82) is 0 Å². The molecule has 0 aliphatic carbocycles. The van der Waals surface area contributed by atoms with Gasteiger partial charge in [0.1, 0.15) is 5.82 Å². The lowest BCUT2D eigenvalue weighted by molar-refractivity contribution is 0.266. The summed E-state index contributed by atoms with van der Waals surface area (Å²) in [6.45, 7) is 5.96. The first-order chi connectivity index (χ1) is 9.40. The molecule has 110 valence electrons. The van der Waals surface area contributed by atoms with Gasteiger partial charge in [0.05, 0.1) is 16.1 Å². The van der Waals surface area contributed by atoms with E-state index in [-0.39, 0.29) is 5.02 Å². The average Bonchev–Trinajstić information content (AvgIpc) is 2.66. The molecule has 0 atom stereocenters. The second kappa shape index (κ2) is 5.97. The van der Waals surface area contributed by atoms with Gasteiger partial charge in [0.15, 0.2) is 0 Å². The lowest BCUT2D eigenvalue weighted by atomic mass is 10.3. The largest absolute Gasteiger partial charge is 0.369 e. The van der Waals surface area contributed by atoms with Crippen LogP contribution in [0.3, 0.4) is 0 Å². The Morgan fingerprint density at radius 2 is 2.15 bits per heavy atom. The lowest BCUT2D eigenvalue weighted by Crippen LogP contribution is -2.28. The molecule has 0 spiro atoms. The van der Waals surface area contributed by atoms with Crippen LogP contribution in [0.4, 0.5) is 10.3 Å². The van der Waals surface area contributed by atoms with Gasteiger partial charge >= 0.3 is 0 Å². The van der Waals surface area contributed by atoms with Crippen LogP contribution in [0.5, 0.6) is 0 Å². The molecule has 0 amide bonds.